The molecule has 4 amide bonds. The number of carbonyl (C=O) groups is 4. The normalized spacial score (nSPS) is 18.9. The second-order valence-electron chi connectivity index (χ2n) is 16.2. The molecule has 4 aromatic rings. The molecule has 1 N–H and O–H groups in total. The zero-order valence-electron chi connectivity index (χ0n) is 34.0. The van der Waals surface area contributed by atoms with Gasteiger partial charge < -0.3 is 24.3 Å². The molecule has 4 aliphatic heterocycles. The van der Waals surface area contributed by atoms with E-state index < -0.39 is 17.7 Å². The van der Waals surface area contributed by atoms with Crippen molar-refractivity contribution < 1.29 is 32.7 Å². The highest BCUT2D eigenvalue weighted by Gasteiger charge is 2.41. The zero-order valence-corrected chi connectivity index (χ0v) is 34.8. The summed E-state index contributed by atoms with van der Waals surface area (Å²) in [6.45, 7) is 11.2. The lowest BCUT2D eigenvalue weighted by Crippen LogP contribution is -2.52. The first-order valence-electron chi connectivity index (χ1n) is 21.1. The zero-order chi connectivity index (χ0) is 41.9. The maximum absolute atomic E-state index is 16.4. The van der Waals surface area contributed by atoms with Crippen LogP contribution in [-0.2, 0) is 20.9 Å². The number of unbranched alkanes of at least 4 members (excludes halogenated alkanes) is 4. The number of piperidine rings is 2. The van der Waals surface area contributed by atoms with Crippen molar-refractivity contribution in [1.29, 1.82) is 0 Å². The third kappa shape index (κ3) is 8.38. The lowest BCUT2D eigenvalue weighted by molar-refractivity contribution is -0.137. The number of aryl methyl sites for hydroxylation is 1. The standard InChI is InChI=1S/C45H51F2N7O5S/c1-3-37(56)52-19-21-53(22-20-52)43-30-24-28(2)38(40(47)41(30)48-27-49-43)39-33(46)10-9-11-35(39)59-23-8-6-4-5-7-16-51-17-14-29(15-18-51)42-31-25-54(45(58)32(31)26-60-42)34-12-13-36(55)50-44(34)57/h3,9-11,24,26-27,29,34H,1,4-8,12-23,25H2,2H3,(H,50,55,57). The van der Waals surface area contributed by atoms with Crippen molar-refractivity contribution >= 4 is 51.7 Å². The van der Waals surface area contributed by atoms with Crippen molar-refractivity contribution in [1.82, 2.24) is 30.0 Å². The van der Waals surface area contributed by atoms with Crippen molar-refractivity contribution in [3.63, 3.8) is 0 Å². The number of anilines is 1. The SMILES string of the molecule is C=CC(=O)N1CCN(c2ncnc3c(F)c(-c4c(F)cccc4OCCCCCCCN4CCC(c5scc6c5CN(C5CCC(=O)NC5=O)C6=O)CC4)c(C)cc23)CC1. The first kappa shape index (κ1) is 41.5. The number of piperazine rings is 1. The number of halogens is 2. The van der Waals surface area contributed by atoms with Crippen LogP contribution in [0.25, 0.3) is 22.0 Å². The van der Waals surface area contributed by atoms with Gasteiger partial charge in [-0.1, -0.05) is 31.9 Å². The number of fused-ring (bicyclic) bond motifs is 2. The van der Waals surface area contributed by atoms with E-state index in [1.807, 2.05) is 10.3 Å². The predicted octanol–water partition coefficient (Wildman–Crippen LogP) is 6.75. The average Bonchev–Trinajstić information content (AvgIpc) is 3.82. The minimum Gasteiger partial charge on any atom is -0.493 e. The Hall–Kier alpha value is -5.28. The van der Waals surface area contributed by atoms with Gasteiger partial charge in [0.15, 0.2) is 5.82 Å². The van der Waals surface area contributed by atoms with Gasteiger partial charge in [0.05, 0.1) is 17.7 Å². The highest BCUT2D eigenvalue weighted by Crippen LogP contribution is 2.42. The number of benzene rings is 2. The van der Waals surface area contributed by atoms with Crippen LogP contribution in [0.15, 0.2) is 48.6 Å². The minimum atomic E-state index is -0.627. The Morgan fingerprint density at radius 2 is 1.75 bits per heavy atom. The number of nitrogens with one attached hydrogen (secondary N) is 1. The van der Waals surface area contributed by atoms with Gasteiger partial charge in [-0.2, -0.15) is 0 Å². The van der Waals surface area contributed by atoms with Crippen LogP contribution in [0.2, 0.25) is 0 Å². The van der Waals surface area contributed by atoms with Gasteiger partial charge in [0, 0.05) is 60.4 Å². The molecule has 12 nitrogen and oxygen atoms in total. The van der Waals surface area contributed by atoms with E-state index in [1.165, 1.54) is 23.3 Å². The van der Waals surface area contributed by atoms with E-state index in [0.717, 1.165) is 75.7 Å². The molecule has 0 bridgehead atoms. The Kier molecular flexibility index (Phi) is 12.5. The molecule has 2 aromatic heterocycles. The fraction of sp³-hybridized carbons (Fsp3) is 0.467. The number of amides is 4. The molecule has 1 atom stereocenters. The number of nitrogens with zero attached hydrogens (tertiary/aromatic N) is 6. The number of ether oxygens (including phenoxy) is 1. The van der Waals surface area contributed by atoms with E-state index >= 15 is 8.78 Å². The summed E-state index contributed by atoms with van der Waals surface area (Å²) in [5, 5.41) is 4.86. The first-order chi connectivity index (χ1) is 29.1. The largest absolute Gasteiger partial charge is 0.493 e. The molecule has 3 fully saturated rings. The van der Waals surface area contributed by atoms with E-state index in [-0.39, 0.29) is 46.7 Å². The fourth-order valence-electron chi connectivity index (χ4n) is 9.25. The van der Waals surface area contributed by atoms with Crippen LogP contribution < -0.4 is 15.0 Å². The monoisotopic (exact) mass is 839 g/mol. The second-order valence-corrected chi connectivity index (χ2v) is 17.1. The van der Waals surface area contributed by atoms with Crippen LogP contribution in [0.3, 0.4) is 0 Å². The Labute approximate surface area is 352 Å². The summed E-state index contributed by atoms with van der Waals surface area (Å²) in [5.41, 5.74) is 2.64. The molecule has 0 aliphatic carbocycles. The van der Waals surface area contributed by atoms with Crippen molar-refractivity contribution in [3.8, 4) is 16.9 Å². The molecule has 0 spiro atoms. The van der Waals surface area contributed by atoms with Crippen LogP contribution in [0.5, 0.6) is 5.75 Å². The van der Waals surface area contributed by atoms with Gasteiger partial charge in [-0.05, 0) is 100.0 Å². The molecular weight excluding hydrogens is 789 g/mol. The Morgan fingerprint density at radius 3 is 2.52 bits per heavy atom. The van der Waals surface area contributed by atoms with E-state index in [4.69, 9.17) is 4.74 Å². The van der Waals surface area contributed by atoms with E-state index in [1.54, 1.807) is 46.3 Å². The molecule has 0 radical (unpaired) electrons. The van der Waals surface area contributed by atoms with Crippen LogP contribution in [0.4, 0.5) is 14.6 Å². The molecule has 2 aromatic carbocycles. The molecular formula is C45H51F2N7O5S. The summed E-state index contributed by atoms with van der Waals surface area (Å²) >= 11 is 1.67. The lowest BCUT2D eigenvalue weighted by atomic mass is 9.92. The number of hydrogen-bond donors (Lipinski definition) is 1. The molecule has 0 saturated carbocycles. The summed E-state index contributed by atoms with van der Waals surface area (Å²) in [7, 11) is 0. The minimum absolute atomic E-state index is 0.0843. The van der Waals surface area contributed by atoms with Crippen molar-refractivity contribution in [3.05, 3.63) is 81.8 Å². The third-order valence-corrected chi connectivity index (χ3v) is 13.7. The second kappa shape index (κ2) is 18.1. The first-order valence-corrected chi connectivity index (χ1v) is 22.0. The Morgan fingerprint density at radius 1 is 0.983 bits per heavy atom. The molecule has 8 rings (SSSR count). The quantitative estimate of drug-likeness (QED) is 0.0834. The number of carbonyl (C=O) groups excluding carboxylic acids is 4. The van der Waals surface area contributed by atoms with Crippen LogP contribution in [-0.4, -0.2) is 107 Å². The van der Waals surface area contributed by atoms with E-state index in [9.17, 15) is 19.2 Å². The van der Waals surface area contributed by atoms with Crippen LogP contribution >= 0.6 is 11.3 Å². The molecule has 4 aliphatic rings. The number of imide groups is 1. The third-order valence-electron chi connectivity index (χ3n) is 12.5. The maximum atomic E-state index is 16.4. The average molecular weight is 840 g/mol. The van der Waals surface area contributed by atoms with Crippen molar-refractivity contribution in [2.24, 2.45) is 0 Å². The number of aromatic nitrogens is 2. The number of rotatable bonds is 14. The van der Waals surface area contributed by atoms with Crippen LogP contribution in [0.1, 0.15) is 90.1 Å². The van der Waals surface area contributed by atoms with Gasteiger partial charge in [0.25, 0.3) is 5.91 Å². The summed E-state index contributed by atoms with van der Waals surface area (Å²) in [5.74, 6) is -0.802. The summed E-state index contributed by atoms with van der Waals surface area (Å²) in [6, 6.07) is 5.80. The Balaban J connectivity index is 0.789. The Bertz CT molecular complexity index is 2300. The number of hydrogen-bond acceptors (Lipinski definition) is 10. The van der Waals surface area contributed by atoms with E-state index in [2.05, 4.69) is 26.8 Å². The lowest BCUT2D eigenvalue weighted by Gasteiger charge is -2.35. The highest BCUT2D eigenvalue weighted by molar-refractivity contribution is 7.10. The van der Waals surface area contributed by atoms with Crippen molar-refractivity contribution in [2.75, 3.05) is 57.3 Å². The number of likely N-dealkylation sites (tertiary alicyclic amines) is 1. The van der Waals surface area contributed by atoms with E-state index in [0.29, 0.717) is 74.2 Å². The summed E-state index contributed by atoms with van der Waals surface area (Å²) < 4.78 is 38.1. The molecule has 3 saturated heterocycles. The molecule has 60 heavy (non-hydrogen) atoms. The highest BCUT2D eigenvalue weighted by atomic mass is 32.1. The van der Waals surface area contributed by atoms with Gasteiger partial charge in [0.2, 0.25) is 17.7 Å². The summed E-state index contributed by atoms with van der Waals surface area (Å²) in [4.78, 5) is 67.3. The summed E-state index contributed by atoms with van der Waals surface area (Å²) in [6.07, 6.45) is 10.3. The van der Waals surface area contributed by atoms with Gasteiger partial charge in [-0.15, -0.1) is 11.3 Å². The van der Waals surface area contributed by atoms with Crippen molar-refractivity contribution in [2.45, 2.75) is 83.2 Å². The predicted molar refractivity (Wildman–Crippen MR) is 226 cm³/mol. The maximum Gasteiger partial charge on any atom is 0.256 e. The molecule has 6 heterocycles. The van der Waals surface area contributed by atoms with Gasteiger partial charge in [-0.25, -0.2) is 18.7 Å². The molecule has 316 valence electrons. The number of thiophene rings is 1. The van der Waals surface area contributed by atoms with Gasteiger partial charge >= 0.3 is 0 Å². The fourth-order valence-corrected chi connectivity index (χ4v) is 10.5. The molecule has 15 heteroatoms. The van der Waals surface area contributed by atoms with Crippen LogP contribution in [0, 0.1) is 18.6 Å². The van der Waals surface area contributed by atoms with Gasteiger partial charge in [-0.3, -0.25) is 24.5 Å². The molecule has 1 unspecified atom stereocenters. The topological polar surface area (TPSA) is 128 Å². The van der Waals surface area contributed by atoms with Gasteiger partial charge in [0.1, 0.15) is 35.3 Å². The smallest absolute Gasteiger partial charge is 0.256 e.